The van der Waals surface area contributed by atoms with E-state index in [2.05, 4.69) is 32.0 Å². The summed E-state index contributed by atoms with van der Waals surface area (Å²) in [5, 5.41) is 0. The largest absolute Gasteiger partial charge is 0.497 e. The molecule has 2 aromatic rings. The van der Waals surface area contributed by atoms with Gasteiger partial charge in [0.2, 0.25) is 0 Å². The second-order valence-corrected chi connectivity index (χ2v) is 6.16. The maximum absolute atomic E-state index is 6.11. The minimum absolute atomic E-state index is 0.210. The molecule has 2 N–H and O–H groups in total. The summed E-state index contributed by atoms with van der Waals surface area (Å²) in [5.74, 6) is 2.68. The standard InChI is InChI=1S/C21H29NO3/c1-5-11-25-21-16(7-6-8-20(21)24-4)13-17(14-22)19-10-9-18(23-3)12-15(19)2/h6-10,12,17H,5,11,13-14,22H2,1-4H3. The van der Waals surface area contributed by atoms with E-state index in [-0.39, 0.29) is 5.92 Å². The normalized spacial score (nSPS) is 11.9. The molecule has 1 unspecified atom stereocenters. The number of methoxy groups -OCH3 is 2. The van der Waals surface area contributed by atoms with Gasteiger partial charge in [-0.15, -0.1) is 0 Å². The number of benzene rings is 2. The zero-order chi connectivity index (χ0) is 18.2. The van der Waals surface area contributed by atoms with Gasteiger partial charge in [-0.05, 0) is 61.2 Å². The first kappa shape index (κ1) is 19.1. The van der Waals surface area contributed by atoms with Gasteiger partial charge < -0.3 is 19.9 Å². The third kappa shape index (κ3) is 4.67. The summed E-state index contributed by atoms with van der Waals surface area (Å²) in [6.45, 7) is 5.43. The van der Waals surface area contributed by atoms with Crippen LogP contribution in [0.2, 0.25) is 0 Å². The molecular formula is C21H29NO3. The number of rotatable bonds is 9. The smallest absolute Gasteiger partial charge is 0.164 e. The van der Waals surface area contributed by atoms with E-state index in [1.54, 1.807) is 14.2 Å². The van der Waals surface area contributed by atoms with Gasteiger partial charge in [-0.1, -0.05) is 25.1 Å². The highest BCUT2D eigenvalue weighted by Gasteiger charge is 2.18. The number of hydrogen-bond donors (Lipinski definition) is 1. The predicted octanol–water partition coefficient (Wildman–Crippen LogP) is 4.09. The summed E-state index contributed by atoms with van der Waals surface area (Å²) in [6, 6.07) is 12.2. The molecule has 0 aliphatic rings. The topological polar surface area (TPSA) is 53.7 Å². The Kier molecular flexibility index (Phi) is 7.14. The van der Waals surface area contributed by atoms with Crippen molar-refractivity contribution in [2.45, 2.75) is 32.6 Å². The number of aryl methyl sites for hydroxylation is 1. The Bertz CT molecular complexity index is 685. The first-order valence-electron chi connectivity index (χ1n) is 8.77. The first-order chi connectivity index (χ1) is 12.1. The molecule has 0 saturated carbocycles. The monoisotopic (exact) mass is 343 g/mol. The van der Waals surface area contributed by atoms with Crippen LogP contribution in [-0.4, -0.2) is 27.4 Å². The Morgan fingerprint density at radius 1 is 1.08 bits per heavy atom. The minimum Gasteiger partial charge on any atom is -0.497 e. The maximum atomic E-state index is 6.11. The van der Waals surface area contributed by atoms with Crippen molar-refractivity contribution in [1.29, 1.82) is 0 Å². The van der Waals surface area contributed by atoms with Crippen molar-refractivity contribution in [3.05, 3.63) is 53.1 Å². The Labute approximate surface area is 150 Å². The molecule has 136 valence electrons. The molecule has 4 heteroatoms. The lowest BCUT2D eigenvalue weighted by Gasteiger charge is -2.21. The van der Waals surface area contributed by atoms with Crippen LogP contribution in [0.4, 0.5) is 0 Å². The van der Waals surface area contributed by atoms with Crippen molar-refractivity contribution in [3.8, 4) is 17.2 Å². The average molecular weight is 343 g/mol. The fourth-order valence-electron chi connectivity index (χ4n) is 3.07. The molecule has 0 heterocycles. The van der Waals surface area contributed by atoms with Gasteiger partial charge in [-0.25, -0.2) is 0 Å². The van der Waals surface area contributed by atoms with Gasteiger partial charge in [0, 0.05) is 5.92 Å². The number of para-hydroxylation sites is 1. The van der Waals surface area contributed by atoms with E-state index in [0.717, 1.165) is 35.7 Å². The zero-order valence-electron chi connectivity index (χ0n) is 15.7. The number of ether oxygens (including phenoxy) is 3. The summed E-state index contributed by atoms with van der Waals surface area (Å²) in [7, 11) is 3.36. The third-order valence-corrected chi connectivity index (χ3v) is 4.40. The SMILES string of the molecule is CCCOc1c(CC(CN)c2ccc(OC)cc2C)cccc1OC. The average Bonchev–Trinajstić information content (AvgIpc) is 2.64. The van der Waals surface area contributed by atoms with Crippen molar-refractivity contribution in [3.63, 3.8) is 0 Å². The zero-order valence-corrected chi connectivity index (χ0v) is 15.7. The van der Waals surface area contributed by atoms with Crippen LogP contribution in [0.1, 0.15) is 36.0 Å². The van der Waals surface area contributed by atoms with Crippen LogP contribution in [-0.2, 0) is 6.42 Å². The van der Waals surface area contributed by atoms with Gasteiger partial charge in [0.25, 0.3) is 0 Å². The Hall–Kier alpha value is -2.20. The third-order valence-electron chi connectivity index (χ3n) is 4.40. The fourth-order valence-corrected chi connectivity index (χ4v) is 3.07. The van der Waals surface area contributed by atoms with E-state index in [9.17, 15) is 0 Å². The van der Waals surface area contributed by atoms with Crippen molar-refractivity contribution >= 4 is 0 Å². The molecule has 0 saturated heterocycles. The lowest BCUT2D eigenvalue weighted by atomic mass is 9.88. The highest BCUT2D eigenvalue weighted by atomic mass is 16.5. The van der Waals surface area contributed by atoms with Gasteiger partial charge in [-0.2, -0.15) is 0 Å². The minimum atomic E-state index is 0.210. The number of hydrogen-bond acceptors (Lipinski definition) is 4. The second-order valence-electron chi connectivity index (χ2n) is 6.16. The van der Waals surface area contributed by atoms with Gasteiger partial charge in [0.05, 0.1) is 20.8 Å². The van der Waals surface area contributed by atoms with Crippen molar-refractivity contribution in [2.24, 2.45) is 5.73 Å². The molecule has 0 spiro atoms. The molecule has 0 bridgehead atoms. The van der Waals surface area contributed by atoms with Crippen LogP contribution in [0.3, 0.4) is 0 Å². The van der Waals surface area contributed by atoms with Crippen LogP contribution in [0.15, 0.2) is 36.4 Å². The molecule has 0 aliphatic carbocycles. The molecular weight excluding hydrogens is 314 g/mol. The number of nitrogens with two attached hydrogens (primary N) is 1. The summed E-state index contributed by atoms with van der Waals surface area (Å²) in [6.07, 6.45) is 1.76. The molecule has 2 rings (SSSR count). The lowest BCUT2D eigenvalue weighted by Crippen LogP contribution is -2.17. The van der Waals surface area contributed by atoms with E-state index in [4.69, 9.17) is 19.9 Å². The van der Waals surface area contributed by atoms with Crippen LogP contribution in [0.5, 0.6) is 17.2 Å². The quantitative estimate of drug-likeness (QED) is 0.745. The van der Waals surface area contributed by atoms with Gasteiger partial charge >= 0.3 is 0 Å². The predicted molar refractivity (Wildman–Crippen MR) is 102 cm³/mol. The highest BCUT2D eigenvalue weighted by molar-refractivity contribution is 5.48. The van der Waals surface area contributed by atoms with E-state index in [1.165, 1.54) is 11.1 Å². The van der Waals surface area contributed by atoms with E-state index >= 15 is 0 Å². The molecule has 0 fully saturated rings. The summed E-state index contributed by atoms with van der Waals surface area (Å²) in [5.41, 5.74) is 9.66. The molecule has 25 heavy (non-hydrogen) atoms. The van der Waals surface area contributed by atoms with Crippen LogP contribution < -0.4 is 19.9 Å². The molecule has 0 aromatic heterocycles. The van der Waals surface area contributed by atoms with Crippen LogP contribution >= 0.6 is 0 Å². The molecule has 0 radical (unpaired) electrons. The van der Waals surface area contributed by atoms with Crippen molar-refractivity contribution in [2.75, 3.05) is 27.4 Å². The second kappa shape index (κ2) is 9.33. The molecule has 1 atom stereocenters. The Balaban J connectivity index is 2.32. The summed E-state index contributed by atoms with van der Waals surface area (Å²) in [4.78, 5) is 0. The van der Waals surface area contributed by atoms with Gasteiger partial charge in [0.15, 0.2) is 11.5 Å². The van der Waals surface area contributed by atoms with E-state index in [0.29, 0.717) is 13.2 Å². The summed E-state index contributed by atoms with van der Waals surface area (Å²) < 4.78 is 16.8. The van der Waals surface area contributed by atoms with Crippen molar-refractivity contribution in [1.82, 2.24) is 0 Å². The molecule has 0 amide bonds. The van der Waals surface area contributed by atoms with Gasteiger partial charge in [-0.3, -0.25) is 0 Å². The lowest BCUT2D eigenvalue weighted by molar-refractivity contribution is 0.290. The molecule has 0 aliphatic heterocycles. The summed E-state index contributed by atoms with van der Waals surface area (Å²) >= 11 is 0. The Morgan fingerprint density at radius 2 is 1.88 bits per heavy atom. The molecule has 2 aromatic carbocycles. The van der Waals surface area contributed by atoms with Crippen LogP contribution in [0.25, 0.3) is 0 Å². The van der Waals surface area contributed by atoms with E-state index < -0.39 is 0 Å². The fraction of sp³-hybridized carbons (Fsp3) is 0.429. The Morgan fingerprint density at radius 3 is 2.48 bits per heavy atom. The van der Waals surface area contributed by atoms with E-state index in [1.807, 2.05) is 18.2 Å². The first-order valence-corrected chi connectivity index (χ1v) is 8.77. The van der Waals surface area contributed by atoms with Crippen molar-refractivity contribution < 1.29 is 14.2 Å². The molecule has 4 nitrogen and oxygen atoms in total. The highest BCUT2D eigenvalue weighted by Crippen LogP contribution is 2.35. The maximum Gasteiger partial charge on any atom is 0.164 e. The van der Waals surface area contributed by atoms with Gasteiger partial charge in [0.1, 0.15) is 5.75 Å². The van der Waals surface area contributed by atoms with Crippen LogP contribution in [0, 0.1) is 6.92 Å².